The van der Waals surface area contributed by atoms with Gasteiger partial charge in [0.2, 0.25) is 0 Å². The number of rotatable bonds is 1. The van der Waals surface area contributed by atoms with Crippen LogP contribution in [-0.2, 0) is 20.3 Å². The Balaban J connectivity index is 1.72. The van der Waals surface area contributed by atoms with Gasteiger partial charge in [-0.25, -0.2) is 14.5 Å². The summed E-state index contributed by atoms with van der Waals surface area (Å²) in [6, 6.07) is 12.8. The number of anilines is 3. The maximum atomic E-state index is 13.8. The molecule has 2 amide bonds. The first-order valence-corrected chi connectivity index (χ1v) is 14.3. The fourth-order valence-corrected chi connectivity index (χ4v) is 5.38. The number of amides is 2. The van der Waals surface area contributed by atoms with Crippen LogP contribution in [0.5, 0.6) is 0 Å². The van der Waals surface area contributed by atoms with Gasteiger partial charge in [-0.15, -0.1) is 0 Å². The Hall–Kier alpha value is -3.22. The number of carbonyl (C=O) groups excluding carboxylic acids is 2. The van der Waals surface area contributed by atoms with E-state index in [2.05, 4.69) is 75.9 Å². The van der Waals surface area contributed by atoms with Crippen molar-refractivity contribution in [1.29, 1.82) is 0 Å². The molecule has 1 saturated heterocycles. The summed E-state index contributed by atoms with van der Waals surface area (Å²) < 4.78 is 11.5. The molecule has 2 aromatic carbocycles. The van der Waals surface area contributed by atoms with Gasteiger partial charge in [-0.05, 0) is 81.8 Å². The van der Waals surface area contributed by atoms with Crippen LogP contribution in [0.3, 0.4) is 0 Å². The molecule has 0 N–H and O–H groups in total. The third-order valence-corrected chi connectivity index (χ3v) is 7.54. The Morgan fingerprint density at radius 3 is 1.82 bits per heavy atom. The van der Waals surface area contributed by atoms with Crippen LogP contribution in [0, 0.1) is 0 Å². The average Bonchev–Trinajstić information content (AvgIpc) is 2.81. The third kappa shape index (κ3) is 6.08. The molecule has 1 fully saturated rings. The zero-order chi connectivity index (χ0) is 29.8. The van der Waals surface area contributed by atoms with E-state index < -0.39 is 11.2 Å². The van der Waals surface area contributed by atoms with Gasteiger partial charge < -0.3 is 19.3 Å². The molecule has 2 aromatic rings. The minimum absolute atomic E-state index is 0.0204. The predicted molar refractivity (Wildman–Crippen MR) is 162 cm³/mol. The zero-order valence-corrected chi connectivity index (χ0v) is 26.3. The molecule has 0 saturated carbocycles. The fraction of sp³-hybridized carbons (Fsp3) is 0.576. The highest BCUT2D eigenvalue weighted by atomic mass is 16.6. The first-order valence-electron chi connectivity index (χ1n) is 14.3. The van der Waals surface area contributed by atoms with Crippen LogP contribution >= 0.6 is 0 Å². The predicted octanol–water partition coefficient (Wildman–Crippen LogP) is 7.75. The van der Waals surface area contributed by atoms with Crippen LogP contribution in [0.1, 0.15) is 92.9 Å². The van der Waals surface area contributed by atoms with Crippen molar-refractivity contribution in [2.24, 2.45) is 0 Å². The second kappa shape index (κ2) is 10.0. The number of benzene rings is 2. The van der Waals surface area contributed by atoms with Gasteiger partial charge in [0.1, 0.15) is 11.2 Å². The minimum Gasteiger partial charge on any atom is -0.444 e. The molecular weight excluding hydrogens is 502 g/mol. The SMILES string of the molecule is CC(C)(C)OC(=O)N1CCN(c2ccc3c(c2)N(C(=O)OC(C)(C)C)c2ccc(C(C)(C)C)cc2C3(C)C)CC1. The van der Waals surface area contributed by atoms with Crippen molar-refractivity contribution >= 4 is 29.2 Å². The number of hydrogen-bond donors (Lipinski definition) is 0. The summed E-state index contributed by atoms with van der Waals surface area (Å²) in [5.74, 6) is 0. The molecule has 0 atom stereocenters. The van der Waals surface area contributed by atoms with Crippen molar-refractivity contribution in [3.05, 3.63) is 53.1 Å². The van der Waals surface area contributed by atoms with Gasteiger partial charge in [0.25, 0.3) is 0 Å². The van der Waals surface area contributed by atoms with Gasteiger partial charge in [-0.1, -0.05) is 52.8 Å². The molecule has 2 heterocycles. The monoisotopic (exact) mass is 549 g/mol. The molecule has 0 aromatic heterocycles. The number of ether oxygens (including phenoxy) is 2. The topological polar surface area (TPSA) is 62.3 Å². The molecule has 0 aliphatic carbocycles. The number of fused-ring (bicyclic) bond motifs is 2. The highest BCUT2D eigenvalue weighted by molar-refractivity contribution is 6.01. The van der Waals surface area contributed by atoms with E-state index in [1.54, 1.807) is 9.80 Å². The molecule has 0 unspecified atom stereocenters. The lowest BCUT2D eigenvalue weighted by molar-refractivity contribution is 0.0240. The van der Waals surface area contributed by atoms with Gasteiger partial charge in [0.15, 0.2) is 0 Å². The summed E-state index contributed by atoms with van der Waals surface area (Å²) in [5.41, 5.74) is 4.62. The molecule has 4 rings (SSSR count). The molecule has 2 aliphatic rings. The second-order valence-corrected chi connectivity index (χ2v) is 14.6. The molecule has 0 radical (unpaired) electrons. The summed E-state index contributed by atoms with van der Waals surface area (Å²) in [6.45, 7) is 24.9. The number of carbonyl (C=O) groups is 2. The van der Waals surface area contributed by atoms with Crippen LogP contribution in [0.15, 0.2) is 36.4 Å². The van der Waals surface area contributed by atoms with Crippen molar-refractivity contribution in [1.82, 2.24) is 4.90 Å². The van der Waals surface area contributed by atoms with Crippen molar-refractivity contribution in [3.63, 3.8) is 0 Å². The van der Waals surface area contributed by atoms with Crippen molar-refractivity contribution in [3.8, 4) is 0 Å². The maximum absolute atomic E-state index is 13.8. The van der Waals surface area contributed by atoms with Gasteiger partial charge >= 0.3 is 12.2 Å². The van der Waals surface area contributed by atoms with Crippen LogP contribution in [-0.4, -0.2) is 54.5 Å². The quantitative estimate of drug-likeness (QED) is 0.364. The highest BCUT2D eigenvalue weighted by Crippen LogP contribution is 2.51. The van der Waals surface area contributed by atoms with E-state index in [0.29, 0.717) is 26.2 Å². The summed E-state index contributed by atoms with van der Waals surface area (Å²) in [6.07, 6.45) is -0.664. The van der Waals surface area contributed by atoms with Gasteiger partial charge in [-0.3, -0.25) is 0 Å². The Morgan fingerprint density at radius 1 is 0.700 bits per heavy atom. The third-order valence-electron chi connectivity index (χ3n) is 7.54. The molecular formula is C33H47N3O4. The first-order chi connectivity index (χ1) is 18.3. The number of piperazine rings is 1. The van der Waals surface area contributed by atoms with Gasteiger partial charge in [0.05, 0.1) is 11.4 Å². The average molecular weight is 550 g/mol. The Bertz CT molecular complexity index is 1290. The molecule has 2 aliphatic heterocycles. The van der Waals surface area contributed by atoms with Gasteiger partial charge in [0, 0.05) is 37.3 Å². The van der Waals surface area contributed by atoms with E-state index in [1.165, 1.54) is 5.56 Å². The molecule has 7 nitrogen and oxygen atoms in total. The fourth-order valence-electron chi connectivity index (χ4n) is 5.38. The Morgan fingerprint density at radius 2 is 1.27 bits per heavy atom. The zero-order valence-electron chi connectivity index (χ0n) is 26.3. The smallest absolute Gasteiger partial charge is 0.419 e. The van der Waals surface area contributed by atoms with Crippen molar-refractivity contribution in [2.75, 3.05) is 36.0 Å². The largest absolute Gasteiger partial charge is 0.444 e. The number of hydrogen-bond acceptors (Lipinski definition) is 5. The van der Waals surface area contributed by atoms with E-state index in [9.17, 15) is 9.59 Å². The molecule has 0 spiro atoms. The summed E-state index contributed by atoms with van der Waals surface area (Å²) in [4.78, 5) is 32.1. The lowest BCUT2D eigenvalue weighted by Gasteiger charge is -2.43. The van der Waals surface area contributed by atoms with E-state index in [4.69, 9.17) is 9.47 Å². The van der Waals surface area contributed by atoms with Crippen molar-refractivity contribution < 1.29 is 19.1 Å². The molecule has 218 valence electrons. The van der Waals surface area contributed by atoms with Crippen LogP contribution in [0.2, 0.25) is 0 Å². The minimum atomic E-state index is -0.634. The highest BCUT2D eigenvalue weighted by Gasteiger charge is 2.41. The number of nitrogens with zero attached hydrogens (tertiary/aromatic N) is 3. The molecule has 7 heteroatoms. The summed E-state index contributed by atoms with van der Waals surface area (Å²) >= 11 is 0. The summed E-state index contributed by atoms with van der Waals surface area (Å²) in [7, 11) is 0. The Labute approximate surface area is 240 Å². The maximum Gasteiger partial charge on any atom is 0.419 e. The van der Waals surface area contributed by atoms with Gasteiger partial charge in [-0.2, -0.15) is 0 Å². The molecule has 0 bridgehead atoms. The summed E-state index contributed by atoms with van der Waals surface area (Å²) in [5, 5.41) is 0. The lowest BCUT2D eigenvalue weighted by atomic mass is 9.72. The van der Waals surface area contributed by atoms with Crippen molar-refractivity contribution in [2.45, 2.75) is 98.2 Å². The van der Waals surface area contributed by atoms with E-state index in [1.807, 2.05) is 41.5 Å². The molecule has 40 heavy (non-hydrogen) atoms. The lowest BCUT2D eigenvalue weighted by Crippen LogP contribution is -2.50. The van der Waals surface area contributed by atoms with E-state index in [0.717, 1.165) is 28.2 Å². The standard InChI is InChI=1S/C33H47N3O4/c1-30(2,3)22-12-15-26-25(20-22)33(10,11)24-14-13-23(21-27(24)36(26)29(38)40-32(7,8)9)34-16-18-35(19-17-34)28(37)39-31(4,5)6/h12-15,20-21H,16-19H2,1-11H3. The van der Waals surface area contributed by atoms with E-state index >= 15 is 0 Å². The van der Waals surface area contributed by atoms with Crippen LogP contribution < -0.4 is 9.80 Å². The first kappa shape index (κ1) is 29.8. The van der Waals surface area contributed by atoms with E-state index in [-0.39, 0.29) is 23.0 Å². The Kier molecular flexibility index (Phi) is 7.44. The van der Waals surface area contributed by atoms with Crippen LogP contribution in [0.4, 0.5) is 26.7 Å². The normalized spacial score (nSPS) is 17.2. The second-order valence-electron chi connectivity index (χ2n) is 14.6. The van der Waals surface area contributed by atoms with Crippen LogP contribution in [0.25, 0.3) is 0 Å².